The van der Waals surface area contributed by atoms with Crippen LogP contribution in [0.4, 0.5) is 8.78 Å². The number of benzene rings is 2. The SMILES string of the molecule is COc1cc2c(=O)n(Cc3ccc(Cl)c(F)c3)cnc2cc1F. The van der Waals surface area contributed by atoms with Gasteiger partial charge in [-0.3, -0.25) is 9.36 Å². The van der Waals surface area contributed by atoms with Crippen molar-refractivity contribution in [3.8, 4) is 5.75 Å². The largest absolute Gasteiger partial charge is 0.494 e. The van der Waals surface area contributed by atoms with Crippen molar-refractivity contribution in [2.24, 2.45) is 0 Å². The average Bonchev–Trinajstić information content (AvgIpc) is 2.53. The van der Waals surface area contributed by atoms with Gasteiger partial charge in [0, 0.05) is 6.07 Å². The van der Waals surface area contributed by atoms with E-state index in [4.69, 9.17) is 16.3 Å². The molecule has 4 nitrogen and oxygen atoms in total. The van der Waals surface area contributed by atoms with Crippen LogP contribution in [0.1, 0.15) is 5.56 Å². The summed E-state index contributed by atoms with van der Waals surface area (Å²) in [5, 5.41) is 0.234. The first-order valence-corrected chi connectivity index (χ1v) is 7.04. The second-order valence-corrected chi connectivity index (χ2v) is 5.34. The van der Waals surface area contributed by atoms with Crippen LogP contribution in [0.3, 0.4) is 0 Å². The predicted octanol–water partition coefficient (Wildman–Crippen LogP) is 3.39. The molecule has 0 aliphatic rings. The van der Waals surface area contributed by atoms with Crippen LogP contribution in [0, 0.1) is 11.6 Å². The summed E-state index contributed by atoms with van der Waals surface area (Å²) in [5.41, 5.74) is 0.416. The molecule has 1 heterocycles. The summed E-state index contributed by atoms with van der Waals surface area (Å²) in [5.74, 6) is -1.19. The van der Waals surface area contributed by atoms with E-state index < -0.39 is 11.6 Å². The first-order valence-electron chi connectivity index (χ1n) is 6.66. The topological polar surface area (TPSA) is 44.1 Å². The van der Waals surface area contributed by atoms with Gasteiger partial charge >= 0.3 is 0 Å². The lowest BCUT2D eigenvalue weighted by Gasteiger charge is -2.09. The highest BCUT2D eigenvalue weighted by Crippen LogP contribution is 2.21. The lowest BCUT2D eigenvalue weighted by atomic mass is 10.2. The molecular weight excluding hydrogens is 326 g/mol. The maximum atomic E-state index is 13.7. The molecule has 3 aromatic rings. The Morgan fingerprint density at radius 2 is 2.00 bits per heavy atom. The van der Waals surface area contributed by atoms with E-state index in [-0.39, 0.29) is 33.8 Å². The molecule has 2 aromatic carbocycles. The summed E-state index contributed by atoms with van der Waals surface area (Å²) in [6, 6.07) is 6.74. The molecule has 0 spiro atoms. The van der Waals surface area contributed by atoms with Gasteiger partial charge < -0.3 is 4.74 Å². The maximum absolute atomic E-state index is 13.7. The van der Waals surface area contributed by atoms with E-state index in [0.717, 1.165) is 6.07 Å². The minimum atomic E-state index is -0.593. The lowest BCUT2D eigenvalue weighted by Crippen LogP contribution is -2.21. The Labute approximate surface area is 134 Å². The molecule has 7 heteroatoms. The zero-order valence-electron chi connectivity index (χ0n) is 12.0. The van der Waals surface area contributed by atoms with E-state index in [1.165, 1.54) is 36.2 Å². The van der Waals surface area contributed by atoms with Gasteiger partial charge in [0.15, 0.2) is 11.6 Å². The van der Waals surface area contributed by atoms with Crippen LogP contribution in [0.25, 0.3) is 10.9 Å². The summed E-state index contributed by atoms with van der Waals surface area (Å²) in [6.45, 7) is 0.121. The second-order valence-electron chi connectivity index (χ2n) is 4.93. The van der Waals surface area contributed by atoms with E-state index in [0.29, 0.717) is 5.56 Å². The Morgan fingerprint density at radius 3 is 2.70 bits per heavy atom. The van der Waals surface area contributed by atoms with Crippen molar-refractivity contribution in [3.63, 3.8) is 0 Å². The highest BCUT2D eigenvalue weighted by Gasteiger charge is 2.11. The Bertz CT molecular complexity index is 957. The molecule has 3 rings (SSSR count). The van der Waals surface area contributed by atoms with Crippen molar-refractivity contribution in [3.05, 3.63) is 69.2 Å². The van der Waals surface area contributed by atoms with Crippen molar-refractivity contribution < 1.29 is 13.5 Å². The number of ether oxygens (including phenoxy) is 1. The smallest absolute Gasteiger partial charge is 0.261 e. The van der Waals surface area contributed by atoms with Crippen LogP contribution in [0.15, 0.2) is 41.5 Å². The Balaban J connectivity index is 2.08. The van der Waals surface area contributed by atoms with Crippen LogP contribution in [0.5, 0.6) is 5.75 Å². The van der Waals surface area contributed by atoms with Gasteiger partial charge in [0.1, 0.15) is 5.82 Å². The van der Waals surface area contributed by atoms with Gasteiger partial charge in [0.05, 0.1) is 35.9 Å². The summed E-state index contributed by atoms with van der Waals surface area (Å²) >= 11 is 5.64. The van der Waals surface area contributed by atoms with Gasteiger partial charge in [0.25, 0.3) is 5.56 Å². The quantitative estimate of drug-likeness (QED) is 0.736. The molecule has 0 N–H and O–H groups in total. The third-order valence-corrected chi connectivity index (χ3v) is 3.74. The van der Waals surface area contributed by atoms with Gasteiger partial charge in [-0.15, -0.1) is 0 Å². The molecule has 0 aliphatic carbocycles. The first-order chi connectivity index (χ1) is 11.0. The van der Waals surface area contributed by atoms with E-state index in [2.05, 4.69) is 4.98 Å². The third-order valence-electron chi connectivity index (χ3n) is 3.43. The van der Waals surface area contributed by atoms with E-state index in [1.807, 2.05) is 0 Å². The standard InChI is InChI=1S/C16H11ClF2N2O2/c1-23-15-5-10-14(6-13(15)19)20-8-21(16(10)22)7-9-2-3-11(17)12(18)4-9/h2-6,8H,7H2,1H3. The molecule has 0 atom stereocenters. The molecule has 0 radical (unpaired) electrons. The van der Waals surface area contributed by atoms with E-state index >= 15 is 0 Å². The Morgan fingerprint density at radius 1 is 1.22 bits per heavy atom. The summed E-state index contributed by atoms with van der Waals surface area (Å²) in [4.78, 5) is 16.6. The number of hydrogen-bond donors (Lipinski definition) is 0. The average molecular weight is 337 g/mol. The third kappa shape index (κ3) is 2.90. The molecule has 118 valence electrons. The van der Waals surface area contributed by atoms with Gasteiger partial charge in [-0.25, -0.2) is 13.8 Å². The van der Waals surface area contributed by atoms with Crippen LogP contribution >= 0.6 is 11.6 Å². The molecule has 0 fully saturated rings. The zero-order valence-corrected chi connectivity index (χ0v) is 12.8. The van der Waals surface area contributed by atoms with Gasteiger partial charge in [-0.05, 0) is 23.8 Å². The molecule has 0 aliphatic heterocycles. The van der Waals surface area contributed by atoms with Crippen LogP contribution in [-0.4, -0.2) is 16.7 Å². The summed E-state index contributed by atoms with van der Waals surface area (Å²) in [7, 11) is 1.32. The van der Waals surface area contributed by atoms with Crippen molar-refractivity contribution in [1.29, 1.82) is 0 Å². The Kier molecular flexibility index (Phi) is 4.00. The van der Waals surface area contributed by atoms with Crippen molar-refractivity contribution in [2.45, 2.75) is 6.54 Å². The van der Waals surface area contributed by atoms with Crippen molar-refractivity contribution >= 4 is 22.5 Å². The number of rotatable bonds is 3. The normalized spacial score (nSPS) is 11.0. The summed E-state index contributed by atoms with van der Waals surface area (Å²) in [6.07, 6.45) is 1.29. The predicted molar refractivity (Wildman–Crippen MR) is 83.0 cm³/mol. The van der Waals surface area contributed by atoms with Crippen molar-refractivity contribution in [1.82, 2.24) is 9.55 Å². The number of methoxy groups -OCH3 is 1. The molecular formula is C16H11ClF2N2O2. The summed E-state index contributed by atoms with van der Waals surface area (Å²) < 4.78 is 33.3. The van der Waals surface area contributed by atoms with Crippen LogP contribution in [-0.2, 0) is 6.54 Å². The number of hydrogen-bond acceptors (Lipinski definition) is 3. The van der Waals surface area contributed by atoms with Gasteiger partial charge in [0.2, 0.25) is 0 Å². The fourth-order valence-corrected chi connectivity index (χ4v) is 2.38. The first kappa shape index (κ1) is 15.4. The number of nitrogens with zero attached hydrogens (tertiary/aromatic N) is 2. The molecule has 0 saturated carbocycles. The fraction of sp³-hybridized carbons (Fsp3) is 0.125. The molecule has 0 saturated heterocycles. The maximum Gasteiger partial charge on any atom is 0.261 e. The van der Waals surface area contributed by atoms with Gasteiger partial charge in [-0.2, -0.15) is 0 Å². The van der Waals surface area contributed by atoms with Crippen LogP contribution < -0.4 is 10.3 Å². The van der Waals surface area contributed by atoms with E-state index in [1.54, 1.807) is 6.07 Å². The molecule has 1 aromatic heterocycles. The van der Waals surface area contributed by atoms with E-state index in [9.17, 15) is 13.6 Å². The monoisotopic (exact) mass is 336 g/mol. The van der Waals surface area contributed by atoms with Crippen LogP contribution in [0.2, 0.25) is 5.02 Å². The fourth-order valence-electron chi connectivity index (χ4n) is 2.26. The van der Waals surface area contributed by atoms with Gasteiger partial charge in [-0.1, -0.05) is 17.7 Å². The highest BCUT2D eigenvalue weighted by molar-refractivity contribution is 6.30. The minimum absolute atomic E-state index is 0.0120. The number of aromatic nitrogens is 2. The molecule has 23 heavy (non-hydrogen) atoms. The Hall–Kier alpha value is -2.47. The minimum Gasteiger partial charge on any atom is -0.494 e. The number of halogens is 3. The molecule has 0 unspecified atom stereocenters. The lowest BCUT2D eigenvalue weighted by molar-refractivity contribution is 0.387. The zero-order chi connectivity index (χ0) is 16.6. The molecule has 0 amide bonds. The molecule has 0 bridgehead atoms. The number of fused-ring (bicyclic) bond motifs is 1. The van der Waals surface area contributed by atoms with Crippen molar-refractivity contribution in [2.75, 3.05) is 7.11 Å². The second kappa shape index (κ2) is 5.96. The highest BCUT2D eigenvalue weighted by atomic mass is 35.5.